The minimum Gasteiger partial charge on any atom is -0.480 e. The molecule has 0 aromatic carbocycles. The Bertz CT molecular complexity index is 772. The van der Waals surface area contributed by atoms with Crippen LogP contribution in [0.4, 0.5) is 0 Å². The zero-order chi connectivity index (χ0) is 24.7. The minimum absolute atomic E-state index is 0.0196. The molecule has 3 fully saturated rings. The van der Waals surface area contributed by atoms with Gasteiger partial charge in [-0.3, -0.25) is 9.59 Å². The lowest BCUT2D eigenvalue weighted by atomic mass is 9.75. The Kier molecular flexibility index (Phi) is 7.79. The highest BCUT2D eigenvalue weighted by Crippen LogP contribution is 2.51. The molecule has 2 N–H and O–H groups in total. The summed E-state index contributed by atoms with van der Waals surface area (Å²) in [5, 5.41) is 12.2. The minimum atomic E-state index is -1.02. The van der Waals surface area contributed by atoms with Crippen LogP contribution < -0.4 is 5.32 Å². The number of carbonyl (C=O) groups excluding carboxylic acids is 2. The third kappa shape index (κ3) is 5.07. The van der Waals surface area contributed by atoms with Crippen LogP contribution in [0.15, 0.2) is 0 Å². The molecule has 3 aliphatic rings. The number of hydrogen-bond acceptors (Lipinski definition) is 5. The molecule has 0 radical (unpaired) electrons. The van der Waals surface area contributed by atoms with Crippen LogP contribution in [0.3, 0.4) is 0 Å². The van der Waals surface area contributed by atoms with Gasteiger partial charge in [-0.15, -0.1) is 11.8 Å². The average Bonchev–Trinajstić information content (AvgIpc) is 2.98. The smallest absolute Gasteiger partial charge is 0.327 e. The molecule has 33 heavy (non-hydrogen) atoms. The summed E-state index contributed by atoms with van der Waals surface area (Å²) in [6, 6.07) is -1.59. The van der Waals surface area contributed by atoms with E-state index in [9.17, 15) is 19.5 Å². The van der Waals surface area contributed by atoms with Crippen molar-refractivity contribution in [3.8, 4) is 0 Å². The third-order valence-corrected chi connectivity index (χ3v) is 9.39. The first-order valence-corrected chi connectivity index (χ1v) is 13.4. The predicted octanol–water partition coefficient (Wildman–Crippen LogP) is 4.04. The summed E-state index contributed by atoms with van der Waals surface area (Å²) < 4.78 is 6.05. The maximum Gasteiger partial charge on any atom is 0.327 e. The highest BCUT2D eigenvalue weighted by atomic mass is 32.2. The number of amides is 2. The van der Waals surface area contributed by atoms with Crippen LogP contribution in [0.1, 0.15) is 87.0 Å². The van der Waals surface area contributed by atoms with Crippen molar-refractivity contribution in [2.45, 2.75) is 121 Å². The normalized spacial score (nSPS) is 35.0. The fourth-order valence-corrected chi connectivity index (χ4v) is 7.39. The van der Waals surface area contributed by atoms with Crippen molar-refractivity contribution in [2.75, 3.05) is 0 Å². The maximum atomic E-state index is 13.6. The van der Waals surface area contributed by atoms with Gasteiger partial charge in [0.2, 0.25) is 5.91 Å². The van der Waals surface area contributed by atoms with Crippen molar-refractivity contribution in [1.29, 1.82) is 0 Å². The molecule has 7 atom stereocenters. The Hall–Kier alpha value is -1.28. The number of thioether (sulfide) groups is 1. The van der Waals surface area contributed by atoms with E-state index in [4.69, 9.17) is 4.74 Å². The molecule has 7 unspecified atom stereocenters. The standard InChI is InChI=1S/C25H42N2O5S/c1-8-9-12-25(7,32-17-13-15(4)10-11-16(17)14(2)3)23(31)26-18-20(28)27-19(22(29)30)24(5,6)33-21(18)27/h14-19,21H,8-13H2,1-7H3,(H,26,31)(H,29,30). The van der Waals surface area contributed by atoms with Gasteiger partial charge >= 0.3 is 5.97 Å². The molecule has 0 aromatic rings. The zero-order valence-electron chi connectivity index (χ0n) is 21.2. The predicted molar refractivity (Wildman–Crippen MR) is 130 cm³/mol. The number of β-lactam (4-membered cyclic amide) rings is 1. The number of carboxylic acid groups (broad SMARTS) is 1. The second kappa shape index (κ2) is 9.76. The highest BCUT2D eigenvalue weighted by Gasteiger charge is 2.64. The molecular weight excluding hydrogens is 440 g/mol. The van der Waals surface area contributed by atoms with Gasteiger partial charge in [-0.25, -0.2) is 4.79 Å². The Morgan fingerprint density at radius 2 is 2.00 bits per heavy atom. The summed E-state index contributed by atoms with van der Waals surface area (Å²) in [6.45, 7) is 14.3. The van der Waals surface area contributed by atoms with E-state index in [0.717, 1.165) is 25.7 Å². The van der Waals surface area contributed by atoms with E-state index in [0.29, 0.717) is 24.2 Å². The third-order valence-electron chi connectivity index (χ3n) is 7.82. The molecule has 7 nitrogen and oxygen atoms in total. The number of hydrogen-bond donors (Lipinski definition) is 2. The van der Waals surface area contributed by atoms with E-state index in [-0.39, 0.29) is 23.3 Å². The van der Waals surface area contributed by atoms with Crippen LogP contribution in [0.5, 0.6) is 0 Å². The highest BCUT2D eigenvalue weighted by molar-refractivity contribution is 8.01. The van der Waals surface area contributed by atoms with Gasteiger partial charge < -0.3 is 20.1 Å². The quantitative estimate of drug-likeness (QED) is 0.482. The Balaban J connectivity index is 1.76. The number of carboxylic acids is 1. The lowest BCUT2D eigenvalue weighted by Crippen LogP contribution is -2.72. The van der Waals surface area contributed by atoms with Crippen molar-refractivity contribution < 1.29 is 24.2 Å². The van der Waals surface area contributed by atoms with Gasteiger partial charge in [0.1, 0.15) is 23.1 Å². The summed E-state index contributed by atoms with van der Waals surface area (Å²) in [4.78, 5) is 39.7. The van der Waals surface area contributed by atoms with Crippen molar-refractivity contribution in [2.24, 2.45) is 17.8 Å². The van der Waals surface area contributed by atoms with Crippen LogP contribution in [0, 0.1) is 17.8 Å². The van der Waals surface area contributed by atoms with E-state index in [1.54, 1.807) is 0 Å². The molecule has 2 saturated heterocycles. The molecule has 2 aliphatic heterocycles. The van der Waals surface area contributed by atoms with E-state index in [1.807, 2.05) is 20.8 Å². The molecular formula is C25H42N2O5S. The van der Waals surface area contributed by atoms with Crippen molar-refractivity contribution in [3.63, 3.8) is 0 Å². The number of ether oxygens (including phenoxy) is 1. The molecule has 0 spiro atoms. The fourth-order valence-electron chi connectivity index (χ4n) is 5.76. The topological polar surface area (TPSA) is 95.9 Å². The van der Waals surface area contributed by atoms with Crippen molar-refractivity contribution in [1.82, 2.24) is 10.2 Å². The Morgan fingerprint density at radius 3 is 2.58 bits per heavy atom. The number of aliphatic carboxylic acids is 1. The summed E-state index contributed by atoms with van der Waals surface area (Å²) in [6.07, 6.45) is 5.66. The SMILES string of the molecule is CCCCC(C)(OC1CC(C)CCC1C(C)C)C(=O)NC1C(=O)N2C1SC(C)(C)C2C(=O)O. The second-order valence-corrected chi connectivity index (χ2v) is 13.1. The number of nitrogens with zero attached hydrogens (tertiary/aromatic N) is 1. The Morgan fingerprint density at radius 1 is 1.33 bits per heavy atom. The molecule has 0 bridgehead atoms. The van der Waals surface area contributed by atoms with Crippen molar-refractivity contribution >= 4 is 29.5 Å². The van der Waals surface area contributed by atoms with E-state index in [2.05, 4.69) is 33.0 Å². The first kappa shape index (κ1) is 26.3. The first-order valence-electron chi connectivity index (χ1n) is 12.5. The van der Waals surface area contributed by atoms with Gasteiger partial charge in [0.25, 0.3) is 5.91 Å². The fraction of sp³-hybridized carbons (Fsp3) is 0.880. The number of nitrogens with one attached hydrogen (secondary N) is 1. The molecule has 1 aliphatic carbocycles. The van der Waals surface area contributed by atoms with Crippen LogP contribution in [-0.4, -0.2) is 61.7 Å². The zero-order valence-corrected chi connectivity index (χ0v) is 22.0. The van der Waals surface area contributed by atoms with E-state index in [1.165, 1.54) is 23.1 Å². The number of carbonyl (C=O) groups is 3. The van der Waals surface area contributed by atoms with E-state index < -0.39 is 28.4 Å². The summed E-state index contributed by atoms with van der Waals surface area (Å²) >= 11 is 1.45. The van der Waals surface area contributed by atoms with Crippen LogP contribution in [0.2, 0.25) is 0 Å². The molecule has 1 saturated carbocycles. The second-order valence-electron chi connectivity index (χ2n) is 11.4. The number of rotatable bonds is 9. The van der Waals surface area contributed by atoms with Gasteiger partial charge in [-0.2, -0.15) is 0 Å². The molecule has 3 rings (SSSR count). The summed E-state index contributed by atoms with van der Waals surface area (Å²) in [5.41, 5.74) is -1.02. The first-order chi connectivity index (χ1) is 15.3. The van der Waals surface area contributed by atoms with Gasteiger partial charge in [0.15, 0.2) is 0 Å². The number of fused-ring (bicyclic) bond motifs is 1. The molecule has 8 heteroatoms. The summed E-state index contributed by atoms with van der Waals surface area (Å²) in [5.74, 6) is -0.119. The molecule has 188 valence electrons. The van der Waals surface area contributed by atoms with Crippen LogP contribution in [0.25, 0.3) is 0 Å². The van der Waals surface area contributed by atoms with E-state index >= 15 is 0 Å². The van der Waals surface area contributed by atoms with Crippen molar-refractivity contribution in [3.05, 3.63) is 0 Å². The molecule has 0 aromatic heterocycles. The molecule has 2 heterocycles. The van der Waals surface area contributed by atoms with Gasteiger partial charge in [-0.05, 0) is 57.8 Å². The molecule has 2 amide bonds. The number of unbranched alkanes of at least 4 members (excludes halogenated alkanes) is 1. The van der Waals surface area contributed by atoms with Crippen LogP contribution >= 0.6 is 11.8 Å². The monoisotopic (exact) mass is 482 g/mol. The van der Waals surface area contributed by atoms with Gasteiger partial charge in [0, 0.05) is 4.75 Å². The lowest BCUT2D eigenvalue weighted by molar-refractivity contribution is -0.172. The average molecular weight is 483 g/mol. The van der Waals surface area contributed by atoms with Gasteiger partial charge in [-0.1, -0.05) is 47.0 Å². The van der Waals surface area contributed by atoms with Gasteiger partial charge in [0.05, 0.1) is 6.10 Å². The largest absolute Gasteiger partial charge is 0.480 e. The maximum absolute atomic E-state index is 13.6. The Labute approximate surface area is 202 Å². The summed E-state index contributed by atoms with van der Waals surface area (Å²) in [7, 11) is 0. The van der Waals surface area contributed by atoms with Crippen LogP contribution in [-0.2, 0) is 19.1 Å². The lowest BCUT2D eigenvalue weighted by Gasteiger charge is -2.46.